The molecule has 1 unspecified atom stereocenters. The Balaban J connectivity index is 2.58. The minimum Gasteiger partial charge on any atom is -0.370 e. The van der Waals surface area contributed by atoms with Crippen LogP contribution in [0.3, 0.4) is 0 Å². The Hall–Kier alpha value is -1.19. The number of carbonyl (C=O) groups excluding carboxylic acids is 2. The molecule has 1 heterocycles. The molecular formula is C12H24N4O4S. The Bertz CT molecular complexity index is 478. The first-order valence-corrected chi connectivity index (χ1v) is 8.70. The minimum absolute atomic E-state index is 0.0447. The molecule has 0 aromatic carbocycles. The lowest BCUT2D eigenvalue weighted by Gasteiger charge is -2.36. The van der Waals surface area contributed by atoms with Gasteiger partial charge in [0.05, 0.1) is 11.5 Å². The number of piperazine rings is 1. The summed E-state index contributed by atoms with van der Waals surface area (Å²) in [7, 11) is 0.0254. The van der Waals surface area contributed by atoms with Gasteiger partial charge in [-0.2, -0.15) is 0 Å². The Kier molecular flexibility index (Phi) is 6.56. The van der Waals surface area contributed by atoms with Gasteiger partial charge in [0.25, 0.3) is 0 Å². The number of primary amides is 1. The van der Waals surface area contributed by atoms with Crippen molar-refractivity contribution in [3.8, 4) is 0 Å². The number of sulfone groups is 1. The Morgan fingerprint density at radius 3 is 2.57 bits per heavy atom. The lowest BCUT2D eigenvalue weighted by atomic mass is 10.1. The second-order valence-electron chi connectivity index (χ2n) is 5.36. The summed E-state index contributed by atoms with van der Waals surface area (Å²) in [5.41, 5.74) is 4.96. The van der Waals surface area contributed by atoms with Crippen molar-refractivity contribution in [3.05, 3.63) is 0 Å². The van der Waals surface area contributed by atoms with Crippen molar-refractivity contribution >= 4 is 21.7 Å². The number of rotatable bonds is 7. The summed E-state index contributed by atoms with van der Waals surface area (Å²) in [6.07, 6.45) is -0.163. The number of nitrogens with one attached hydrogen (secondary N) is 1. The highest BCUT2D eigenvalue weighted by Gasteiger charge is 2.30. The number of nitrogens with zero attached hydrogens (tertiary/aromatic N) is 2. The third-order valence-electron chi connectivity index (χ3n) is 3.43. The predicted octanol–water partition coefficient (Wildman–Crippen LogP) is -2.36. The summed E-state index contributed by atoms with van der Waals surface area (Å²) in [6, 6.07) is -0.347. The molecule has 0 bridgehead atoms. The second kappa shape index (κ2) is 7.71. The van der Waals surface area contributed by atoms with Gasteiger partial charge in [0.15, 0.2) is 9.84 Å². The maximum absolute atomic E-state index is 12.1. The van der Waals surface area contributed by atoms with Crippen molar-refractivity contribution in [1.29, 1.82) is 0 Å². The van der Waals surface area contributed by atoms with Crippen molar-refractivity contribution in [3.63, 3.8) is 0 Å². The van der Waals surface area contributed by atoms with Gasteiger partial charge in [-0.25, -0.2) is 8.42 Å². The van der Waals surface area contributed by atoms with E-state index in [0.29, 0.717) is 13.1 Å². The Morgan fingerprint density at radius 2 is 2.00 bits per heavy atom. The van der Waals surface area contributed by atoms with Crippen molar-refractivity contribution in [2.75, 3.05) is 51.8 Å². The molecule has 3 N–H and O–H groups in total. The highest BCUT2D eigenvalue weighted by atomic mass is 32.2. The molecule has 2 amide bonds. The van der Waals surface area contributed by atoms with Gasteiger partial charge in [-0.05, 0) is 0 Å². The standard InChI is InChI=1S/C12H24N4O4S/c1-15(2)12(18)10-9-14-4-5-16(10)6-8-21(19,20)7-3-11(13)17/h10,14H,3-9H2,1-2H3,(H2,13,17). The molecule has 1 atom stereocenters. The fourth-order valence-electron chi connectivity index (χ4n) is 2.17. The van der Waals surface area contributed by atoms with E-state index in [9.17, 15) is 18.0 Å². The first kappa shape index (κ1) is 17.9. The molecule has 1 aliphatic rings. The molecule has 21 heavy (non-hydrogen) atoms. The fourth-order valence-corrected chi connectivity index (χ4v) is 3.40. The topological polar surface area (TPSA) is 113 Å². The summed E-state index contributed by atoms with van der Waals surface area (Å²) in [5, 5.41) is 3.14. The zero-order chi connectivity index (χ0) is 16.0. The first-order chi connectivity index (χ1) is 9.73. The van der Waals surface area contributed by atoms with Crippen LogP contribution in [0, 0.1) is 0 Å². The van der Waals surface area contributed by atoms with Gasteiger partial charge in [-0.15, -0.1) is 0 Å². The van der Waals surface area contributed by atoms with E-state index in [-0.39, 0.29) is 36.4 Å². The van der Waals surface area contributed by atoms with E-state index in [1.807, 2.05) is 4.90 Å². The largest absolute Gasteiger partial charge is 0.370 e. The van der Waals surface area contributed by atoms with Crippen molar-refractivity contribution in [2.24, 2.45) is 5.73 Å². The molecule has 0 aliphatic carbocycles. The average Bonchev–Trinajstić information content (AvgIpc) is 2.42. The fraction of sp³-hybridized carbons (Fsp3) is 0.833. The first-order valence-electron chi connectivity index (χ1n) is 6.87. The van der Waals surface area contributed by atoms with Gasteiger partial charge in [0.1, 0.15) is 6.04 Å². The lowest BCUT2D eigenvalue weighted by Crippen LogP contribution is -2.58. The van der Waals surface area contributed by atoms with Crippen LogP contribution in [0.25, 0.3) is 0 Å². The molecule has 1 fully saturated rings. The normalized spacial score (nSPS) is 20.2. The van der Waals surface area contributed by atoms with Gasteiger partial charge in [0, 0.05) is 46.7 Å². The molecule has 0 saturated carbocycles. The van der Waals surface area contributed by atoms with Crippen LogP contribution in [-0.2, 0) is 19.4 Å². The monoisotopic (exact) mass is 320 g/mol. The predicted molar refractivity (Wildman–Crippen MR) is 79.4 cm³/mol. The van der Waals surface area contributed by atoms with E-state index < -0.39 is 15.7 Å². The zero-order valence-corrected chi connectivity index (χ0v) is 13.4. The highest BCUT2D eigenvalue weighted by Crippen LogP contribution is 2.07. The number of amides is 2. The summed E-state index contributed by atoms with van der Waals surface area (Å²) in [5.74, 6) is -0.976. The summed E-state index contributed by atoms with van der Waals surface area (Å²) in [6.45, 7) is 2.14. The van der Waals surface area contributed by atoms with Crippen LogP contribution in [0.15, 0.2) is 0 Å². The third kappa shape index (κ3) is 5.98. The molecule has 0 radical (unpaired) electrons. The van der Waals surface area contributed by atoms with E-state index in [2.05, 4.69) is 5.32 Å². The SMILES string of the molecule is CN(C)C(=O)C1CNCCN1CCS(=O)(=O)CCC(N)=O. The molecular weight excluding hydrogens is 296 g/mol. The van der Waals surface area contributed by atoms with Crippen LogP contribution in [0.1, 0.15) is 6.42 Å². The smallest absolute Gasteiger partial charge is 0.240 e. The maximum Gasteiger partial charge on any atom is 0.240 e. The van der Waals surface area contributed by atoms with Crippen molar-refractivity contribution in [1.82, 2.24) is 15.1 Å². The van der Waals surface area contributed by atoms with E-state index in [4.69, 9.17) is 5.73 Å². The number of hydrogen-bond donors (Lipinski definition) is 2. The zero-order valence-electron chi connectivity index (χ0n) is 12.5. The maximum atomic E-state index is 12.1. The van der Waals surface area contributed by atoms with Gasteiger partial charge in [-0.3, -0.25) is 14.5 Å². The molecule has 1 rings (SSSR count). The minimum atomic E-state index is -3.33. The third-order valence-corrected chi connectivity index (χ3v) is 5.06. The van der Waals surface area contributed by atoms with Crippen LogP contribution in [0.4, 0.5) is 0 Å². The molecule has 1 aliphatic heterocycles. The Morgan fingerprint density at radius 1 is 1.33 bits per heavy atom. The summed E-state index contributed by atoms with van der Waals surface area (Å²) < 4.78 is 23.7. The van der Waals surface area contributed by atoms with Crippen LogP contribution < -0.4 is 11.1 Å². The highest BCUT2D eigenvalue weighted by molar-refractivity contribution is 7.91. The van der Waals surface area contributed by atoms with Crippen molar-refractivity contribution < 1.29 is 18.0 Å². The molecule has 9 heteroatoms. The van der Waals surface area contributed by atoms with Crippen LogP contribution in [0.2, 0.25) is 0 Å². The van der Waals surface area contributed by atoms with Gasteiger partial charge >= 0.3 is 0 Å². The molecule has 0 spiro atoms. The van der Waals surface area contributed by atoms with E-state index >= 15 is 0 Å². The second-order valence-corrected chi connectivity index (χ2v) is 7.66. The molecule has 122 valence electrons. The van der Waals surface area contributed by atoms with E-state index in [1.54, 1.807) is 14.1 Å². The van der Waals surface area contributed by atoms with Crippen LogP contribution >= 0.6 is 0 Å². The molecule has 0 aromatic rings. The Labute approximate surface area is 125 Å². The quantitative estimate of drug-likeness (QED) is 0.542. The molecule has 8 nitrogen and oxygen atoms in total. The van der Waals surface area contributed by atoms with Crippen molar-refractivity contribution in [2.45, 2.75) is 12.5 Å². The van der Waals surface area contributed by atoms with Gasteiger partial charge in [0.2, 0.25) is 11.8 Å². The molecule has 1 saturated heterocycles. The van der Waals surface area contributed by atoms with E-state index in [0.717, 1.165) is 6.54 Å². The average molecular weight is 320 g/mol. The number of nitrogens with two attached hydrogens (primary N) is 1. The van der Waals surface area contributed by atoms with Crippen LogP contribution in [0.5, 0.6) is 0 Å². The molecule has 0 aromatic heterocycles. The van der Waals surface area contributed by atoms with E-state index in [1.165, 1.54) is 4.90 Å². The van der Waals surface area contributed by atoms with Crippen LogP contribution in [-0.4, -0.2) is 87.9 Å². The summed E-state index contributed by atoms with van der Waals surface area (Å²) >= 11 is 0. The van der Waals surface area contributed by atoms with Gasteiger partial charge < -0.3 is 16.0 Å². The lowest BCUT2D eigenvalue weighted by molar-refractivity contribution is -0.135. The summed E-state index contributed by atoms with van der Waals surface area (Å²) in [4.78, 5) is 26.1. The number of likely N-dealkylation sites (N-methyl/N-ethyl adjacent to an activating group) is 1. The number of carbonyl (C=O) groups is 2. The van der Waals surface area contributed by atoms with Gasteiger partial charge in [-0.1, -0.05) is 0 Å². The number of hydrogen-bond acceptors (Lipinski definition) is 6.